The first-order chi connectivity index (χ1) is 15.0. The lowest BCUT2D eigenvalue weighted by atomic mass is 10.1. The number of rotatable bonds is 9. The number of carbonyl (C=O) groups is 1. The van der Waals surface area contributed by atoms with Crippen molar-refractivity contribution in [1.29, 1.82) is 0 Å². The second kappa shape index (κ2) is 9.88. The molecule has 2 N–H and O–H groups in total. The van der Waals surface area contributed by atoms with Crippen LogP contribution in [0.4, 0.5) is 5.69 Å². The molecule has 3 rings (SSSR count). The largest absolute Gasteiger partial charge is 0.497 e. The molecule has 1 heterocycles. The highest BCUT2D eigenvalue weighted by Gasteiger charge is 2.21. The van der Waals surface area contributed by atoms with Crippen LogP contribution in [0.2, 0.25) is 0 Å². The number of amides is 1. The Labute approximate surface area is 181 Å². The van der Waals surface area contributed by atoms with E-state index in [0.29, 0.717) is 40.8 Å². The first kappa shape index (κ1) is 22.0. The maximum atomic E-state index is 12.8. The van der Waals surface area contributed by atoms with E-state index < -0.39 is 0 Å². The van der Waals surface area contributed by atoms with Crippen LogP contribution in [0.15, 0.2) is 36.4 Å². The molecule has 0 saturated carbocycles. The highest BCUT2D eigenvalue weighted by molar-refractivity contribution is 5.97. The van der Waals surface area contributed by atoms with Gasteiger partial charge in [-0.1, -0.05) is 19.1 Å². The van der Waals surface area contributed by atoms with Gasteiger partial charge >= 0.3 is 0 Å². The molecule has 164 valence electrons. The number of anilines is 1. The zero-order chi connectivity index (χ0) is 22.4. The second-order valence-electron chi connectivity index (χ2n) is 6.77. The minimum absolute atomic E-state index is 0.155. The highest BCUT2D eigenvalue weighted by atomic mass is 16.5. The van der Waals surface area contributed by atoms with Crippen molar-refractivity contribution in [2.45, 2.75) is 19.8 Å². The number of aromatic amines is 1. The number of hydrogen-bond donors (Lipinski definition) is 2. The van der Waals surface area contributed by atoms with Gasteiger partial charge in [-0.2, -0.15) is 5.10 Å². The molecule has 1 amide bonds. The Bertz CT molecular complexity index is 1040. The molecule has 8 heteroatoms. The van der Waals surface area contributed by atoms with Crippen molar-refractivity contribution in [3.63, 3.8) is 0 Å². The van der Waals surface area contributed by atoms with Gasteiger partial charge in [-0.05, 0) is 36.2 Å². The lowest BCUT2D eigenvalue weighted by molar-refractivity contribution is -0.115. The van der Waals surface area contributed by atoms with Gasteiger partial charge in [-0.25, -0.2) is 0 Å². The fourth-order valence-electron chi connectivity index (χ4n) is 3.35. The lowest BCUT2D eigenvalue weighted by Gasteiger charge is -2.14. The summed E-state index contributed by atoms with van der Waals surface area (Å²) in [6.45, 7) is 1.99. The SMILES string of the molecule is CCc1[nH]nc(-c2cc(OC)c(OC)c(OC)c2)c1NC(=O)Cc1cccc(OC)c1. The standard InChI is InChI=1S/C23H27N3O5/c1-6-17-22(24-20(27)11-14-8-7-9-16(10-14)28-2)21(26-25-17)15-12-18(29-3)23(31-5)19(13-15)30-4/h7-10,12-13H,6,11H2,1-5H3,(H,24,27)(H,25,26). The van der Waals surface area contributed by atoms with Crippen molar-refractivity contribution < 1.29 is 23.7 Å². The van der Waals surface area contributed by atoms with Crippen molar-refractivity contribution in [1.82, 2.24) is 10.2 Å². The number of nitrogens with zero attached hydrogens (tertiary/aromatic N) is 1. The smallest absolute Gasteiger partial charge is 0.228 e. The number of H-pyrrole nitrogens is 1. The third kappa shape index (κ3) is 4.74. The molecule has 1 aromatic heterocycles. The molecule has 0 aliphatic rings. The summed E-state index contributed by atoms with van der Waals surface area (Å²) in [6.07, 6.45) is 0.881. The van der Waals surface area contributed by atoms with Gasteiger partial charge in [0.25, 0.3) is 0 Å². The Hall–Kier alpha value is -3.68. The molecule has 0 spiro atoms. The number of hydrogen-bond acceptors (Lipinski definition) is 6. The fraction of sp³-hybridized carbons (Fsp3) is 0.304. The van der Waals surface area contributed by atoms with Crippen LogP contribution in [0.5, 0.6) is 23.0 Å². The molecule has 31 heavy (non-hydrogen) atoms. The summed E-state index contributed by atoms with van der Waals surface area (Å²) in [5, 5.41) is 10.5. The van der Waals surface area contributed by atoms with E-state index in [2.05, 4.69) is 15.5 Å². The van der Waals surface area contributed by atoms with E-state index in [9.17, 15) is 4.79 Å². The summed E-state index contributed by atoms with van der Waals surface area (Å²) in [5.74, 6) is 2.06. The lowest BCUT2D eigenvalue weighted by Crippen LogP contribution is -2.15. The van der Waals surface area contributed by atoms with Crippen LogP contribution >= 0.6 is 0 Å². The molecule has 0 radical (unpaired) electrons. The molecule has 8 nitrogen and oxygen atoms in total. The molecular weight excluding hydrogens is 398 g/mol. The Balaban J connectivity index is 1.94. The topological polar surface area (TPSA) is 94.7 Å². The fourth-order valence-corrected chi connectivity index (χ4v) is 3.35. The zero-order valence-corrected chi connectivity index (χ0v) is 18.4. The summed E-state index contributed by atoms with van der Waals surface area (Å²) < 4.78 is 21.5. The van der Waals surface area contributed by atoms with Gasteiger partial charge in [-0.3, -0.25) is 9.89 Å². The molecule has 0 aliphatic heterocycles. The summed E-state index contributed by atoms with van der Waals surface area (Å²) in [5.41, 5.74) is 3.62. The van der Waals surface area contributed by atoms with Gasteiger partial charge in [0.15, 0.2) is 11.5 Å². The number of nitrogens with one attached hydrogen (secondary N) is 2. The first-order valence-corrected chi connectivity index (χ1v) is 9.84. The monoisotopic (exact) mass is 425 g/mol. The number of benzene rings is 2. The number of methoxy groups -OCH3 is 4. The Morgan fingerprint density at radius 3 is 2.29 bits per heavy atom. The van der Waals surface area contributed by atoms with Gasteiger partial charge in [0.2, 0.25) is 11.7 Å². The average Bonchev–Trinajstić information content (AvgIpc) is 3.20. The van der Waals surface area contributed by atoms with Crippen molar-refractivity contribution in [2.75, 3.05) is 33.8 Å². The van der Waals surface area contributed by atoms with E-state index >= 15 is 0 Å². The molecule has 3 aromatic rings. The van der Waals surface area contributed by atoms with E-state index in [0.717, 1.165) is 16.8 Å². The Morgan fingerprint density at radius 1 is 1.00 bits per heavy atom. The van der Waals surface area contributed by atoms with E-state index in [1.165, 1.54) is 0 Å². The van der Waals surface area contributed by atoms with E-state index in [-0.39, 0.29) is 12.3 Å². The molecule has 2 aromatic carbocycles. The predicted octanol–water partition coefficient (Wildman–Crippen LogP) is 3.85. The van der Waals surface area contributed by atoms with Crippen LogP contribution in [0.25, 0.3) is 11.3 Å². The Kier molecular flexibility index (Phi) is 7.02. The molecule has 0 unspecified atom stereocenters. The Morgan fingerprint density at radius 2 is 1.71 bits per heavy atom. The summed E-state index contributed by atoms with van der Waals surface area (Å²) in [4.78, 5) is 12.8. The number of aryl methyl sites for hydroxylation is 1. The number of ether oxygens (including phenoxy) is 4. The first-order valence-electron chi connectivity index (χ1n) is 9.84. The highest BCUT2D eigenvalue weighted by Crippen LogP contribution is 2.42. The van der Waals surface area contributed by atoms with Crippen molar-refractivity contribution >= 4 is 11.6 Å². The average molecular weight is 425 g/mol. The van der Waals surface area contributed by atoms with E-state index in [4.69, 9.17) is 18.9 Å². The third-order valence-corrected chi connectivity index (χ3v) is 4.90. The second-order valence-corrected chi connectivity index (χ2v) is 6.77. The summed E-state index contributed by atoms with van der Waals surface area (Å²) >= 11 is 0. The quantitative estimate of drug-likeness (QED) is 0.541. The van der Waals surface area contributed by atoms with Crippen LogP contribution < -0.4 is 24.3 Å². The predicted molar refractivity (Wildman–Crippen MR) is 118 cm³/mol. The number of carbonyl (C=O) groups excluding carboxylic acids is 1. The van der Waals surface area contributed by atoms with Crippen LogP contribution in [0.3, 0.4) is 0 Å². The summed E-state index contributed by atoms with van der Waals surface area (Å²) in [6, 6.07) is 11.0. The minimum Gasteiger partial charge on any atom is -0.497 e. The van der Waals surface area contributed by atoms with Crippen LogP contribution in [-0.2, 0) is 17.6 Å². The van der Waals surface area contributed by atoms with E-state index in [1.54, 1.807) is 40.6 Å². The van der Waals surface area contributed by atoms with Crippen LogP contribution in [-0.4, -0.2) is 44.5 Å². The van der Waals surface area contributed by atoms with E-state index in [1.807, 2.05) is 31.2 Å². The van der Waals surface area contributed by atoms with Gasteiger partial charge < -0.3 is 24.3 Å². The minimum atomic E-state index is -0.155. The molecule has 0 atom stereocenters. The molecule has 0 saturated heterocycles. The molecule has 0 aliphatic carbocycles. The summed E-state index contributed by atoms with van der Waals surface area (Å²) in [7, 11) is 6.26. The molecular formula is C23H27N3O5. The zero-order valence-electron chi connectivity index (χ0n) is 18.4. The maximum Gasteiger partial charge on any atom is 0.228 e. The van der Waals surface area contributed by atoms with Gasteiger partial charge in [0.1, 0.15) is 11.4 Å². The van der Waals surface area contributed by atoms with Crippen molar-refractivity contribution in [3.8, 4) is 34.3 Å². The van der Waals surface area contributed by atoms with Gasteiger partial charge in [0.05, 0.1) is 46.2 Å². The normalized spacial score (nSPS) is 10.5. The number of aromatic nitrogens is 2. The third-order valence-electron chi connectivity index (χ3n) is 4.90. The molecule has 0 bridgehead atoms. The molecule has 0 fully saturated rings. The van der Waals surface area contributed by atoms with Gasteiger partial charge in [-0.15, -0.1) is 0 Å². The van der Waals surface area contributed by atoms with Gasteiger partial charge in [0, 0.05) is 5.56 Å². The van der Waals surface area contributed by atoms with Crippen LogP contribution in [0, 0.1) is 0 Å². The maximum absolute atomic E-state index is 12.8. The van der Waals surface area contributed by atoms with Crippen LogP contribution in [0.1, 0.15) is 18.2 Å². The van der Waals surface area contributed by atoms with Crippen molar-refractivity contribution in [3.05, 3.63) is 47.7 Å². The van der Waals surface area contributed by atoms with Crippen molar-refractivity contribution in [2.24, 2.45) is 0 Å².